The molecule has 0 aliphatic rings. The molecule has 33 heavy (non-hydrogen) atoms. The van der Waals surface area contributed by atoms with Gasteiger partial charge in [0.25, 0.3) is 0 Å². The van der Waals surface area contributed by atoms with Crippen molar-refractivity contribution >= 4 is 33.8 Å². The monoisotopic (exact) mass is 534 g/mol. The normalized spacial score (nSPS) is 10.9. The summed E-state index contributed by atoms with van der Waals surface area (Å²) in [5, 5.41) is 0.929. The van der Waals surface area contributed by atoms with E-state index >= 15 is 0 Å². The average molecular weight is 536 g/mol. The van der Waals surface area contributed by atoms with Gasteiger partial charge in [-0.15, -0.1) is 0 Å². The Kier molecular flexibility index (Phi) is 23.2. The van der Waals surface area contributed by atoms with Crippen LogP contribution in [-0.2, 0) is 28.6 Å². The molecule has 194 valence electrons. The summed E-state index contributed by atoms with van der Waals surface area (Å²) in [6.07, 6.45) is 14.6. The minimum Gasteiger partial charge on any atom is -0.465 e. The Balaban J connectivity index is 4.34. The molecule has 0 spiro atoms. The van der Waals surface area contributed by atoms with E-state index in [-0.39, 0.29) is 43.6 Å². The van der Waals surface area contributed by atoms with Crippen LogP contribution in [0.15, 0.2) is 0 Å². The molecule has 0 aromatic carbocycles. The highest BCUT2D eigenvalue weighted by atomic mass is 79.9. The third-order valence-corrected chi connectivity index (χ3v) is 5.98. The number of hydrogen-bond donors (Lipinski definition) is 0. The van der Waals surface area contributed by atoms with Gasteiger partial charge in [0.05, 0.1) is 5.92 Å². The molecule has 0 fully saturated rings. The molecule has 0 rings (SSSR count). The smallest absolute Gasteiger partial charge is 0.305 e. The van der Waals surface area contributed by atoms with Gasteiger partial charge in [0.15, 0.2) is 0 Å². The highest BCUT2D eigenvalue weighted by Gasteiger charge is 2.17. The van der Waals surface area contributed by atoms with E-state index in [2.05, 4.69) is 29.8 Å². The van der Waals surface area contributed by atoms with Gasteiger partial charge in [-0.3, -0.25) is 14.4 Å². The molecule has 6 nitrogen and oxygen atoms in total. The number of ether oxygens (including phenoxy) is 3. The van der Waals surface area contributed by atoms with E-state index in [1.54, 1.807) is 0 Å². The quantitative estimate of drug-likeness (QED) is 0.0612. The van der Waals surface area contributed by atoms with Crippen molar-refractivity contribution in [2.24, 2.45) is 5.92 Å². The van der Waals surface area contributed by atoms with Gasteiger partial charge in [0, 0.05) is 24.6 Å². The highest BCUT2D eigenvalue weighted by Crippen LogP contribution is 2.10. The van der Waals surface area contributed by atoms with Crippen LogP contribution >= 0.6 is 15.9 Å². The van der Waals surface area contributed by atoms with E-state index in [4.69, 9.17) is 14.2 Å². The molecular weight excluding hydrogens is 488 g/mol. The van der Waals surface area contributed by atoms with Gasteiger partial charge in [-0.05, 0) is 25.7 Å². The molecule has 0 amide bonds. The maximum atomic E-state index is 12.0. The van der Waals surface area contributed by atoms with E-state index in [0.717, 1.165) is 63.1 Å². The van der Waals surface area contributed by atoms with Crippen LogP contribution in [0.2, 0.25) is 0 Å². The SMILES string of the molecule is CCCCCCCC(=O)OCC(COC(=O)CCCCCBr)COC(=O)CCCCCCC. The second-order valence-electron chi connectivity index (χ2n) is 8.74. The van der Waals surface area contributed by atoms with Crippen molar-refractivity contribution in [2.75, 3.05) is 25.2 Å². The molecule has 0 aromatic rings. The molecule has 0 radical (unpaired) electrons. The van der Waals surface area contributed by atoms with Crippen molar-refractivity contribution in [1.82, 2.24) is 0 Å². The fourth-order valence-corrected chi connectivity index (χ4v) is 3.68. The van der Waals surface area contributed by atoms with Crippen LogP contribution < -0.4 is 0 Å². The molecule has 0 saturated heterocycles. The molecule has 0 aliphatic carbocycles. The second-order valence-corrected chi connectivity index (χ2v) is 9.54. The number of carbonyl (C=O) groups is 3. The van der Waals surface area contributed by atoms with E-state index in [1.807, 2.05) is 0 Å². The minimum atomic E-state index is -0.343. The number of halogens is 1. The molecular formula is C26H47BrO6. The molecule has 0 bridgehead atoms. The van der Waals surface area contributed by atoms with E-state index in [0.29, 0.717) is 19.3 Å². The average Bonchev–Trinajstić information content (AvgIpc) is 2.81. The van der Waals surface area contributed by atoms with E-state index in [1.165, 1.54) is 25.7 Å². The third kappa shape index (κ3) is 22.4. The molecule has 0 saturated carbocycles. The zero-order chi connectivity index (χ0) is 24.6. The number of hydrogen-bond acceptors (Lipinski definition) is 6. The van der Waals surface area contributed by atoms with E-state index < -0.39 is 0 Å². The Labute approximate surface area is 210 Å². The molecule has 0 aromatic heterocycles. The predicted octanol–water partition coefficient (Wildman–Crippen LogP) is 6.91. The Morgan fingerprint density at radius 2 is 0.879 bits per heavy atom. The number of alkyl halides is 1. The first-order chi connectivity index (χ1) is 16.0. The first-order valence-corrected chi connectivity index (χ1v) is 14.2. The summed E-state index contributed by atoms with van der Waals surface area (Å²) < 4.78 is 16.1. The van der Waals surface area contributed by atoms with Gasteiger partial charge in [0.1, 0.15) is 19.8 Å². The largest absolute Gasteiger partial charge is 0.465 e. The molecule has 0 N–H and O–H groups in total. The lowest BCUT2D eigenvalue weighted by molar-refractivity contribution is -0.153. The van der Waals surface area contributed by atoms with Crippen molar-refractivity contribution in [2.45, 2.75) is 117 Å². The van der Waals surface area contributed by atoms with Crippen LogP contribution in [0, 0.1) is 5.92 Å². The number of carbonyl (C=O) groups excluding carboxylic acids is 3. The van der Waals surface area contributed by atoms with Crippen LogP contribution in [0.3, 0.4) is 0 Å². The van der Waals surface area contributed by atoms with Gasteiger partial charge in [-0.1, -0.05) is 87.6 Å². The number of rotatable bonds is 23. The third-order valence-electron chi connectivity index (χ3n) is 5.42. The summed E-state index contributed by atoms with van der Waals surface area (Å²) in [6.45, 7) is 4.58. The predicted molar refractivity (Wildman–Crippen MR) is 135 cm³/mol. The first-order valence-electron chi connectivity index (χ1n) is 13.1. The molecule has 7 heteroatoms. The Bertz CT molecular complexity index is 467. The molecule has 0 unspecified atom stereocenters. The van der Waals surface area contributed by atoms with Crippen molar-refractivity contribution in [3.63, 3.8) is 0 Å². The Morgan fingerprint density at radius 1 is 0.545 bits per heavy atom. The second kappa shape index (κ2) is 24.0. The summed E-state index contributed by atoms with van der Waals surface area (Å²) in [5.74, 6) is -1.11. The lowest BCUT2D eigenvalue weighted by atomic mass is 10.1. The van der Waals surface area contributed by atoms with Crippen molar-refractivity contribution in [3.05, 3.63) is 0 Å². The van der Waals surface area contributed by atoms with E-state index in [9.17, 15) is 14.4 Å². The minimum absolute atomic E-state index is 0.0881. The van der Waals surface area contributed by atoms with Gasteiger partial charge >= 0.3 is 17.9 Å². The fourth-order valence-electron chi connectivity index (χ4n) is 3.28. The maximum absolute atomic E-state index is 12.0. The van der Waals surface area contributed by atoms with Crippen LogP contribution in [0.5, 0.6) is 0 Å². The zero-order valence-corrected chi connectivity index (χ0v) is 22.6. The topological polar surface area (TPSA) is 78.9 Å². The van der Waals surface area contributed by atoms with Crippen molar-refractivity contribution in [3.8, 4) is 0 Å². The standard InChI is InChI=1S/C26H47BrO6/c1-3-5-7-9-12-16-24(28)31-20-23(22-33-26(30)18-14-11-15-19-27)21-32-25(29)17-13-10-8-6-4-2/h23H,3-22H2,1-2H3. The zero-order valence-electron chi connectivity index (χ0n) is 21.0. The number of esters is 3. The van der Waals surface area contributed by atoms with Crippen LogP contribution in [0.25, 0.3) is 0 Å². The lowest BCUT2D eigenvalue weighted by Gasteiger charge is -2.17. The van der Waals surface area contributed by atoms with Gasteiger partial charge in [-0.2, -0.15) is 0 Å². The summed E-state index contributed by atoms with van der Waals surface area (Å²) in [5.41, 5.74) is 0. The van der Waals surface area contributed by atoms with Crippen LogP contribution in [-0.4, -0.2) is 43.1 Å². The highest BCUT2D eigenvalue weighted by molar-refractivity contribution is 9.09. The van der Waals surface area contributed by atoms with Crippen LogP contribution in [0.4, 0.5) is 0 Å². The molecule has 0 atom stereocenters. The number of unbranched alkanes of at least 4 members (excludes halogenated alkanes) is 10. The van der Waals surface area contributed by atoms with Gasteiger partial charge < -0.3 is 14.2 Å². The summed E-state index contributed by atoms with van der Waals surface area (Å²) >= 11 is 3.38. The lowest BCUT2D eigenvalue weighted by Crippen LogP contribution is -2.26. The Morgan fingerprint density at radius 3 is 1.21 bits per heavy atom. The summed E-state index contributed by atoms with van der Waals surface area (Å²) in [7, 11) is 0. The molecule has 0 heterocycles. The summed E-state index contributed by atoms with van der Waals surface area (Å²) in [4.78, 5) is 36.1. The van der Waals surface area contributed by atoms with Gasteiger partial charge in [-0.25, -0.2) is 0 Å². The molecule has 0 aliphatic heterocycles. The van der Waals surface area contributed by atoms with Crippen LogP contribution in [0.1, 0.15) is 117 Å². The van der Waals surface area contributed by atoms with Crippen molar-refractivity contribution < 1.29 is 28.6 Å². The first kappa shape index (κ1) is 31.9. The Hall–Kier alpha value is -1.11. The van der Waals surface area contributed by atoms with Crippen molar-refractivity contribution in [1.29, 1.82) is 0 Å². The fraction of sp³-hybridized carbons (Fsp3) is 0.885. The maximum Gasteiger partial charge on any atom is 0.305 e. The van der Waals surface area contributed by atoms with Gasteiger partial charge in [0.2, 0.25) is 0 Å². The summed E-state index contributed by atoms with van der Waals surface area (Å²) in [6, 6.07) is 0.